The lowest BCUT2D eigenvalue weighted by Crippen LogP contribution is -2.24. The first-order valence-corrected chi connectivity index (χ1v) is 5.76. The van der Waals surface area contributed by atoms with E-state index in [0.29, 0.717) is 0 Å². The lowest BCUT2D eigenvalue weighted by molar-refractivity contribution is 0.0727. The topological polar surface area (TPSA) is 36.0 Å². The monoisotopic (exact) mass is 213 g/mol. The van der Waals surface area contributed by atoms with E-state index in [4.69, 9.17) is 0 Å². The maximum atomic E-state index is 10.5. The quantitative estimate of drug-likeness (QED) is 0.701. The van der Waals surface area contributed by atoms with Gasteiger partial charge in [0.1, 0.15) is 5.60 Å². The number of fused-ring (bicyclic) bond motifs is 1. The molecule has 0 amide bonds. The highest BCUT2D eigenvalue weighted by atomic mass is 16.3. The van der Waals surface area contributed by atoms with E-state index in [0.717, 1.165) is 35.7 Å². The molecule has 0 fully saturated rings. The Balaban J connectivity index is 2.10. The minimum Gasteiger partial charge on any atom is -0.381 e. The minimum absolute atomic E-state index is 0.760. The zero-order valence-electron chi connectivity index (χ0n) is 9.11. The molecule has 0 saturated heterocycles. The number of nitrogens with one attached hydrogen (secondary N) is 1. The predicted molar refractivity (Wildman–Crippen MR) is 65.2 cm³/mol. The number of allylic oxidation sites excluding steroid dienone is 1. The fraction of sp³-hybridized carbons (Fsp3) is 0.286. The maximum absolute atomic E-state index is 10.5. The molecule has 1 atom stereocenters. The largest absolute Gasteiger partial charge is 0.381 e. The van der Waals surface area contributed by atoms with Gasteiger partial charge < -0.3 is 10.1 Å². The highest BCUT2D eigenvalue weighted by Crippen LogP contribution is 2.33. The van der Waals surface area contributed by atoms with Crippen molar-refractivity contribution in [1.29, 1.82) is 0 Å². The summed E-state index contributed by atoms with van der Waals surface area (Å²) in [5, 5.41) is 11.7. The summed E-state index contributed by atoms with van der Waals surface area (Å²) in [4.78, 5) is 3.16. The van der Waals surface area contributed by atoms with E-state index in [2.05, 4.69) is 17.1 Å². The zero-order chi connectivity index (χ0) is 11.0. The number of hydrogen-bond acceptors (Lipinski definition) is 1. The van der Waals surface area contributed by atoms with Crippen LogP contribution in [-0.4, -0.2) is 10.1 Å². The van der Waals surface area contributed by atoms with Crippen molar-refractivity contribution in [3.8, 4) is 0 Å². The molecule has 1 heterocycles. The molecular weight excluding hydrogens is 198 g/mol. The van der Waals surface area contributed by atoms with Gasteiger partial charge in [-0.25, -0.2) is 0 Å². The molecular formula is C14H15NO. The van der Waals surface area contributed by atoms with Crippen LogP contribution in [0.5, 0.6) is 0 Å². The number of hydrogen-bond donors (Lipinski definition) is 2. The Morgan fingerprint density at radius 3 is 3.00 bits per heavy atom. The highest BCUT2D eigenvalue weighted by molar-refractivity contribution is 5.80. The second-order valence-electron chi connectivity index (χ2n) is 4.50. The fourth-order valence-corrected chi connectivity index (χ4v) is 2.41. The van der Waals surface area contributed by atoms with Gasteiger partial charge in [0, 0.05) is 11.7 Å². The number of rotatable bonds is 1. The molecule has 2 aromatic rings. The summed E-state index contributed by atoms with van der Waals surface area (Å²) in [6.45, 7) is 0. The van der Waals surface area contributed by atoms with E-state index >= 15 is 0 Å². The van der Waals surface area contributed by atoms with E-state index in [1.165, 1.54) is 0 Å². The lowest BCUT2D eigenvalue weighted by Gasteiger charge is -2.28. The average molecular weight is 213 g/mol. The first-order chi connectivity index (χ1) is 7.78. The lowest BCUT2D eigenvalue weighted by atomic mass is 9.84. The first kappa shape index (κ1) is 9.67. The van der Waals surface area contributed by atoms with Crippen molar-refractivity contribution in [2.45, 2.75) is 24.9 Å². The number of aliphatic hydroxyl groups is 1. The molecule has 0 saturated carbocycles. The van der Waals surface area contributed by atoms with Gasteiger partial charge in [-0.3, -0.25) is 0 Å². The van der Waals surface area contributed by atoms with E-state index < -0.39 is 5.60 Å². The molecule has 0 bridgehead atoms. The van der Waals surface area contributed by atoms with Gasteiger partial charge in [0.15, 0.2) is 0 Å². The Hall–Kier alpha value is -1.54. The van der Waals surface area contributed by atoms with Crippen LogP contribution in [0.2, 0.25) is 0 Å². The summed E-state index contributed by atoms with van der Waals surface area (Å²) >= 11 is 0. The third-order valence-corrected chi connectivity index (χ3v) is 3.38. The van der Waals surface area contributed by atoms with Gasteiger partial charge >= 0.3 is 0 Å². The van der Waals surface area contributed by atoms with Crippen LogP contribution >= 0.6 is 0 Å². The summed E-state index contributed by atoms with van der Waals surface area (Å²) in [6.07, 6.45) is 8.89. The molecule has 1 unspecified atom stereocenters. The number of aromatic nitrogens is 1. The van der Waals surface area contributed by atoms with Gasteiger partial charge in [0.2, 0.25) is 0 Å². The molecule has 0 aliphatic heterocycles. The van der Waals surface area contributed by atoms with Crippen LogP contribution in [0.15, 0.2) is 42.6 Å². The molecule has 1 aliphatic carbocycles. The Kier molecular flexibility index (Phi) is 2.11. The summed E-state index contributed by atoms with van der Waals surface area (Å²) in [6, 6.07) is 8.15. The summed E-state index contributed by atoms with van der Waals surface area (Å²) in [7, 11) is 0. The van der Waals surface area contributed by atoms with Crippen LogP contribution in [0.25, 0.3) is 10.9 Å². The van der Waals surface area contributed by atoms with Gasteiger partial charge in [-0.05, 0) is 48.4 Å². The Labute approximate surface area is 94.6 Å². The van der Waals surface area contributed by atoms with Crippen LogP contribution in [0.1, 0.15) is 24.8 Å². The van der Waals surface area contributed by atoms with Crippen LogP contribution in [0, 0.1) is 0 Å². The number of benzene rings is 1. The average Bonchev–Trinajstić information content (AvgIpc) is 2.77. The maximum Gasteiger partial charge on any atom is 0.108 e. The van der Waals surface area contributed by atoms with Crippen LogP contribution in [0.4, 0.5) is 0 Å². The van der Waals surface area contributed by atoms with Crippen LogP contribution in [0.3, 0.4) is 0 Å². The summed E-state index contributed by atoms with van der Waals surface area (Å²) < 4.78 is 0. The molecule has 3 rings (SSSR count). The fourth-order valence-electron chi connectivity index (χ4n) is 2.41. The van der Waals surface area contributed by atoms with E-state index in [-0.39, 0.29) is 0 Å². The molecule has 1 aliphatic rings. The molecule has 2 heteroatoms. The second-order valence-corrected chi connectivity index (χ2v) is 4.50. The molecule has 2 N–H and O–H groups in total. The third kappa shape index (κ3) is 1.46. The summed E-state index contributed by atoms with van der Waals surface area (Å²) in [5.41, 5.74) is 1.35. The van der Waals surface area contributed by atoms with Crippen molar-refractivity contribution >= 4 is 10.9 Å². The number of aromatic amines is 1. The molecule has 2 nitrogen and oxygen atoms in total. The zero-order valence-corrected chi connectivity index (χ0v) is 9.11. The smallest absolute Gasteiger partial charge is 0.108 e. The molecule has 0 spiro atoms. The van der Waals surface area contributed by atoms with Crippen molar-refractivity contribution in [3.63, 3.8) is 0 Å². The van der Waals surface area contributed by atoms with Gasteiger partial charge in [-0.1, -0.05) is 18.2 Å². The van der Waals surface area contributed by atoms with Crippen LogP contribution in [-0.2, 0) is 5.60 Å². The van der Waals surface area contributed by atoms with Crippen molar-refractivity contribution < 1.29 is 5.11 Å². The molecule has 1 aromatic heterocycles. The van der Waals surface area contributed by atoms with E-state index in [1.807, 2.05) is 30.5 Å². The standard InChI is InChI=1S/C14H15NO/c16-14(7-2-1-3-8-14)12-4-5-13-11(10-12)6-9-15-13/h2,4-7,9-10,15-16H,1,3,8H2. The second kappa shape index (κ2) is 3.49. The predicted octanol–water partition coefficient (Wildman–Crippen LogP) is 3.10. The highest BCUT2D eigenvalue weighted by Gasteiger charge is 2.27. The van der Waals surface area contributed by atoms with Gasteiger partial charge in [-0.2, -0.15) is 0 Å². The third-order valence-electron chi connectivity index (χ3n) is 3.38. The first-order valence-electron chi connectivity index (χ1n) is 5.76. The Bertz CT molecular complexity index is 540. The Morgan fingerprint density at radius 2 is 2.19 bits per heavy atom. The van der Waals surface area contributed by atoms with Crippen molar-refractivity contribution in [2.24, 2.45) is 0 Å². The normalized spacial score (nSPS) is 25.1. The van der Waals surface area contributed by atoms with Gasteiger partial charge in [0.25, 0.3) is 0 Å². The number of H-pyrrole nitrogens is 1. The van der Waals surface area contributed by atoms with E-state index in [9.17, 15) is 5.11 Å². The van der Waals surface area contributed by atoms with Crippen LogP contribution < -0.4 is 0 Å². The van der Waals surface area contributed by atoms with Crippen molar-refractivity contribution in [1.82, 2.24) is 4.98 Å². The molecule has 82 valence electrons. The summed E-state index contributed by atoms with van der Waals surface area (Å²) in [5.74, 6) is 0. The van der Waals surface area contributed by atoms with Crippen molar-refractivity contribution in [3.05, 3.63) is 48.2 Å². The molecule has 0 radical (unpaired) electrons. The minimum atomic E-state index is -0.760. The van der Waals surface area contributed by atoms with E-state index in [1.54, 1.807) is 0 Å². The SMILES string of the molecule is OC1(c2ccc3[nH]ccc3c2)C=CCCC1. The van der Waals surface area contributed by atoms with Gasteiger partial charge in [-0.15, -0.1) is 0 Å². The van der Waals surface area contributed by atoms with Crippen molar-refractivity contribution in [2.75, 3.05) is 0 Å². The van der Waals surface area contributed by atoms with Gasteiger partial charge in [0.05, 0.1) is 0 Å². The molecule has 1 aromatic carbocycles. The Morgan fingerprint density at radius 1 is 1.25 bits per heavy atom. The molecule has 16 heavy (non-hydrogen) atoms.